The number of fused-ring (bicyclic) bond motifs is 2. The van der Waals surface area contributed by atoms with Gasteiger partial charge in [0.05, 0.1) is 18.7 Å². The van der Waals surface area contributed by atoms with E-state index < -0.39 is 0 Å². The van der Waals surface area contributed by atoms with Crippen LogP contribution in [0.25, 0.3) is 0 Å². The third-order valence-electron chi connectivity index (χ3n) is 5.46. The SMILES string of the molecule is O=C1Cc2cc3c(cc2CN1Cc1cccc(Cl)c1)C(c1ccc(=O)[nH]c1)=NC3. The minimum absolute atomic E-state index is 0.122. The van der Waals surface area contributed by atoms with Crippen LogP contribution in [0.2, 0.25) is 5.02 Å². The summed E-state index contributed by atoms with van der Waals surface area (Å²) in [6.45, 7) is 1.70. The number of amides is 1. The number of aromatic amines is 1. The molecule has 0 saturated carbocycles. The zero-order valence-corrected chi connectivity index (χ0v) is 16.4. The molecule has 5 nitrogen and oxygen atoms in total. The number of halogens is 1. The van der Waals surface area contributed by atoms with Crippen LogP contribution < -0.4 is 5.56 Å². The molecule has 0 fully saturated rings. The Morgan fingerprint density at radius 2 is 1.93 bits per heavy atom. The second-order valence-corrected chi connectivity index (χ2v) is 7.88. The molecule has 2 aliphatic rings. The number of carbonyl (C=O) groups excluding carboxylic acids is 1. The Hall–Kier alpha value is -3.18. The van der Waals surface area contributed by atoms with Crippen LogP contribution in [0.1, 0.15) is 33.4 Å². The molecule has 1 amide bonds. The lowest BCUT2D eigenvalue weighted by Crippen LogP contribution is -2.35. The lowest BCUT2D eigenvalue weighted by Gasteiger charge is -2.29. The molecular weight excluding hydrogens is 386 g/mol. The van der Waals surface area contributed by atoms with Crippen molar-refractivity contribution in [3.05, 3.63) is 103 Å². The largest absolute Gasteiger partial charge is 0.334 e. The number of rotatable bonds is 3. The van der Waals surface area contributed by atoms with E-state index in [1.54, 1.807) is 12.3 Å². The topological polar surface area (TPSA) is 65.5 Å². The van der Waals surface area contributed by atoms with Gasteiger partial charge in [0, 0.05) is 41.5 Å². The maximum atomic E-state index is 12.7. The lowest BCUT2D eigenvalue weighted by atomic mass is 9.91. The summed E-state index contributed by atoms with van der Waals surface area (Å²) in [4.78, 5) is 33.3. The van der Waals surface area contributed by atoms with E-state index in [-0.39, 0.29) is 11.5 Å². The summed E-state index contributed by atoms with van der Waals surface area (Å²) in [5.41, 5.74) is 7.09. The van der Waals surface area contributed by atoms with Gasteiger partial charge >= 0.3 is 0 Å². The number of hydrogen-bond acceptors (Lipinski definition) is 3. The second-order valence-electron chi connectivity index (χ2n) is 7.44. The van der Waals surface area contributed by atoms with Gasteiger partial charge in [0.25, 0.3) is 0 Å². The number of aromatic nitrogens is 1. The first-order valence-electron chi connectivity index (χ1n) is 9.47. The number of nitrogens with zero attached hydrogens (tertiary/aromatic N) is 2. The Balaban J connectivity index is 1.45. The molecular formula is C23H18ClN3O2. The molecule has 0 bridgehead atoms. The van der Waals surface area contributed by atoms with E-state index in [1.807, 2.05) is 29.2 Å². The normalized spacial score (nSPS) is 15.1. The molecule has 0 spiro atoms. The van der Waals surface area contributed by atoms with E-state index in [4.69, 9.17) is 11.6 Å². The molecule has 0 saturated heterocycles. The van der Waals surface area contributed by atoms with E-state index in [1.165, 1.54) is 6.07 Å². The van der Waals surface area contributed by atoms with Crippen LogP contribution >= 0.6 is 11.6 Å². The highest BCUT2D eigenvalue weighted by Gasteiger charge is 2.27. The van der Waals surface area contributed by atoms with Gasteiger partial charge in [-0.3, -0.25) is 14.6 Å². The standard InChI is InChI=1S/C23H18ClN3O2/c24-19-3-1-2-14(6-19)12-27-13-18-8-20-17(7-16(18)9-22(27)29)11-26-23(20)15-4-5-21(28)25-10-15/h1-8,10H,9,11-13H2,(H,25,28). The van der Waals surface area contributed by atoms with Gasteiger partial charge in [-0.2, -0.15) is 0 Å². The first-order chi connectivity index (χ1) is 14.1. The van der Waals surface area contributed by atoms with Gasteiger partial charge in [-0.1, -0.05) is 29.8 Å². The summed E-state index contributed by atoms with van der Waals surface area (Å²) in [5.74, 6) is 0.122. The average molecular weight is 404 g/mol. The lowest BCUT2D eigenvalue weighted by molar-refractivity contribution is -0.132. The molecule has 3 aromatic rings. The van der Waals surface area contributed by atoms with E-state index in [0.29, 0.717) is 31.1 Å². The van der Waals surface area contributed by atoms with Crippen molar-refractivity contribution in [2.24, 2.45) is 4.99 Å². The molecule has 6 heteroatoms. The Kier molecular flexibility index (Phi) is 4.32. The van der Waals surface area contributed by atoms with Crippen molar-refractivity contribution in [3.63, 3.8) is 0 Å². The van der Waals surface area contributed by atoms with Gasteiger partial charge in [0.15, 0.2) is 0 Å². The number of carbonyl (C=O) groups is 1. The summed E-state index contributed by atoms with van der Waals surface area (Å²) >= 11 is 6.09. The molecule has 1 aromatic heterocycles. The monoisotopic (exact) mass is 403 g/mol. The maximum Gasteiger partial charge on any atom is 0.247 e. The average Bonchev–Trinajstić information content (AvgIpc) is 3.10. The van der Waals surface area contributed by atoms with Crippen molar-refractivity contribution in [1.29, 1.82) is 0 Å². The van der Waals surface area contributed by atoms with Gasteiger partial charge in [0.1, 0.15) is 0 Å². The summed E-state index contributed by atoms with van der Waals surface area (Å²) < 4.78 is 0. The molecule has 144 valence electrons. The fourth-order valence-electron chi connectivity index (χ4n) is 4.03. The summed E-state index contributed by atoms with van der Waals surface area (Å²) in [6.07, 6.45) is 2.10. The minimum atomic E-state index is -0.131. The van der Waals surface area contributed by atoms with Crippen LogP contribution in [0.15, 0.2) is 64.5 Å². The Bertz CT molecular complexity index is 1210. The Labute approximate surface area is 172 Å². The van der Waals surface area contributed by atoms with Gasteiger partial charge < -0.3 is 9.88 Å². The van der Waals surface area contributed by atoms with Gasteiger partial charge in [-0.25, -0.2) is 0 Å². The van der Waals surface area contributed by atoms with Crippen LogP contribution in [0.4, 0.5) is 0 Å². The van der Waals surface area contributed by atoms with E-state index >= 15 is 0 Å². The van der Waals surface area contributed by atoms with E-state index in [0.717, 1.165) is 39.1 Å². The van der Waals surface area contributed by atoms with Crippen molar-refractivity contribution < 1.29 is 4.79 Å². The van der Waals surface area contributed by atoms with Crippen molar-refractivity contribution >= 4 is 23.2 Å². The molecule has 0 unspecified atom stereocenters. The minimum Gasteiger partial charge on any atom is -0.334 e. The van der Waals surface area contributed by atoms with Gasteiger partial charge in [-0.15, -0.1) is 0 Å². The zero-order valence-electron chi connectivity index (χ0n) is 15.6. The highest BCUT2D eigenvalue weighted by molar-refractivity contribution is 6.30. The smallest absolute Gasteiger partial charge is 0.247 e. The van der Waals surface area contributed by atoms with E-state index in [2.05, 4.69) is 22.1 Å². The van der Waals surface area contributed by atoms with Gasteiger partial charge in [0.2, 0.25) is 11.5 Å². The third kappa shape index (κ3) is 3.38. The number of pyridine rings is 1. The Morgan fingerprint density at radius 3 is 2.72 bits per heavy atom. The predicted octanol–water partition coefficient (Wildman–Crippen LogP) is 3.46. The molecule has 0 radical (unpaired) electrons. The summed E-state index contributed by atoms with van der Waals surface area (Å²) in [5, 5.41) is 0.673. The molecule has 3 heterocycles. The molecule has 1 N–H and O–H groups in total. The number of aliphatic imine (C=N–C) groups is 1. The Morgan fingerprint density at radius 1 is 1.03 bits per heavy atom. The summed E-state index contributed by atoms with van der Waals surface area (Å²) in [6, 6.07) is 15.2. The maximum absolute atomic E-state index is 12.7. The fourth-order valence-corrected chi connectivity index (χ4v) is 4.24. The number of hydrogen-bond donors (Lipinski definition) is 1. The zero-order chi connectivity index (χ0) is 20.0. The number of benzene rings is 2. The quantitative estimate of drug-likeness (QED) is 0.727. The molecule has 0 aliphatic carbocycles. The van der Waals surface area contributed by atoms with Gasteiger partial charge in [-0.05, 0) is 46.5 Å². The molecule has 0 atom stereocenters. The van der Waals surface area contributed by atoms with Crippen molar-refractivity contribution in [2.75, 3.05) is 0 Å². The molecule has 2 aromatic carbocycles. The third-order valence-corrected chi connectivity index (χ3v) is 5.70. The number of H-pyrrole nitrogens is 1. The fraction of sp³-hybridized carbons (Fsp3) is 0.174. The van der Waals surface area contributed by atoms with E-state index in [9.17, 15) is 9.59 Å². The van der Waals surface area contributed by atoms with Crippen LogP contribution in [0, 0.1) is 0 Å². The first kappa shape index (κ1) is 17.9. The summed E-state index contributed by atoms with van der Waals surface area (Å²) in [7, 11) is 0. The predicted molar refractivity (Wildman–Crippen MR) is 112 cm³/mol. The van der Waals surface area contributed by atoms with Crippen molar-refractivity contribution in [3.8, 4) is 0 Å². The van der Waals surface area contributed by atoms with Crippen LogP contribution in [0.3, 0.4) is 0 Å². The molecule has 2 aliphatic heterocycles. The molecule has 5 rings (SSSR count). The van der Waals surface area contributed by atoms with Crippen molar-refractivity contribution in [2.45, 2.75) is 26.1 Å². The van der Waals surface area contributed by atoms with Crippen molar-refractivity contribution in [1.82, 2.24) is 9.88 Å². The number of nitrogens with one attached hydrogen (secondary N) is 1. The van der Waals surface area contributed by atoms with Crippen LogP contribution in [0.5, 0.6) is 0 Å². The van der Waals surface area contributed by atoms with Crippen LogP contribution in [-0.4, -0.2) is 21.5 Å². The highest BCUT2D eigenvalue weighted by Crippen LogP contribution is 2.30. The molecule has 29 heavy (non-hydrogen) atoms. The first-order valence-corrected chi connectivity index (χ1v) is 9.85. The van der Waals surface area contributed by atoms with Crippen LogP contribution in [-0.2, 0) is 30.8 Å². The highest BCUT2D eigenvalue weighted by atomic mass is 35.5. The second kappa shape index (κ2) is 7.01.